The second-order valence-electron chi connectivity index (χ2n) is 3.96. The van der Waals surface area contributed by atoms with E-state index in [1.54, 1.807) is 0 Å². The Morgan fingerprint density at radius 2 is 1.40 bits per heavy atom. The van der Waals surface area contributed by atoms with Crippen LogP contribution in [0.3, 0.4) is 0 Å². The number of carboxylic acids is 3. The highest BCUT2D eigenvalue weighted by atomic mass is 16.4. The van der Waals surface area contributed by atoms with Crippen molar-refractivity contribution in [3.05, 3.63) is 28.8 Å². The number of anilines is 1. The largest absolute Gasteiger partial charge is 0.479 e. The summed E-state index contributed by atoms with van der Waals surface area (Å²) in [6.07, 6.45) is -1.57. The molecule has 0 bridgehead atoms. The van der Waals surface area contributed by atoms with Crippen molar-refractivity contribution in [2.24, 2.45) is 0 Å². The van der Waals surface area contributed by atoms with E-state index in [-0.39, 0.29) is 11.3 Å². The highest BCUT2D eigenvalue weighted by Gasteiger charge is 2.45. The van der Waals surface area contributed by atoms with Crippen molar-refractivity contribution in [1.82, 2.24) is 0 Å². The number of nitrogens with zero attached hydrogens (tertiary/aromatic N) is 1. The van der Waals surface area contributed by atoms with Crippen molar-refractivity contribution in [3.8, 4) is 0 Å². The van der Waals surface area contributed by atoms with Crippen molar-refractivity contribution >= 4 is 29.7 Å². The average Bonchev–Trinajstić information content (AvgIpc) is 2.28. The molecule has 1 aromatic carbocycles. The molecule has 0 saturated heterocycles. The lowest BCUT2D eigenvalue weighted by atomic mass is 9.89. The molecule has 1 amide bonds. The lowest BCUT2D eigenvalue weighted by molar-refractivity contribution is -0.139. The first-order valence-corrected chi connectivity index (χ1v) is 5.15. The molecule has 9 nitrogen and oxygen atoms in total. The van der Waals surface area contributed by atoms with Crippen LogP contribution >= 0.6 is 0 Å². The van der Waals surface area contributed by atoms with Crippen LogP contribution in [-0.4, -0.2) is 44.4 Å². The van der Waals surface area contributed by atoms with Gasteiger partial charge in [-0.05, 0) is 12.1 Å². The molecule has 1 heterocycles. The fraction of sp³-hybridized carbons (Fsp3) is 0.0909. The molecule has 0 radical (unpaired) electrons. The summed E-state index contributed by atoms with van der Waals surface area (Å²) in [7, 11) is 0. The molecule has 0 aliphatic carbocycles. The van der Waals surface area contributed by atoms with Crippen LogP contribution in [0.25, 0.3) is 0 Å². The van der Waals surface area contributed by atoms with E-state index in [4.69, 9.17) is 20.4 Å². The topological polar surface area (TPSA) is 152 Å². The number of carbonyl (C=O) groups is 4. The van der Waals surface area contributed by atoms with E-state index in [1.165, 1.54) is 0 Å². The summed E-state index contributed by atoms with van der Waals surface area (Å²) in [6, 6.07) is 0.178. The maximum absolute atomic E-state index is 11.0. The minimum absolute atomic E-state index is 0.0534. The number of aliphatic carboxylic acids is 1. The summed E-state index contributed by atoms with van der Waals surface area (Å²) in [5.74, 6) is -4.56. The van der Waals surface area contributed by atoms with E-state index < -0.39 is 41.2 Å². The van der Waals surface area contributed by atoms with E-state index in [9.17, 15) is 19.2 Å². The molecule has 1 aliphatic heterocycles. The van der Waals surface area contributed by atoms with Gasteiger partial charge in [-0.1, -0.05) is 0 Å². The first-order valence-electron chi connectivity index (χ1n) is 5.15. The molecular weight excluding hydrogens is 274 g/mol. The average molecular weight is 281 g/mol. The highest BCUT2D eigenvalue weighted by molar-refractivity contribution is 6.08. The third-order valence-electron chi connectivity index (χ3n) is 2.88. The Kier molecular flexibility index (Phi) is 2.82. The van der Waals surface area contributed by atoms with E-state index in [0.29, 0.717) is 4.90 Å². The molecule has 1 aromatic rings. The third kappa shape index (κ3) is 1.72. The second kappa shape index (κ2) is 4.23. The lowest BCUT2D eigenvalue weighted by Gasteiger charge is -2.38. The Labute approximate surface area is 110 Å². The van der Waals surface area contributed by atoms with Gasteiger partial charge in [0.15, 0.2) is 6.04 Å². The molecular formula is C11H7NO8. The number of carboxylic acid groups (broad SMARTS) is 4. The van der Waals surface area contributed by atoms with Gasteiger partial charge in [0.1, 0.15) is 0 Å². The fourth-order valence-electron chi connectivity index (χ4n) is 2.06. The number of rotatable bonds is 3. The molecule has 0 fully saturated rings. The number of hydrogen-bond donors (Lipinski definition) is 4. The molecule has 2 rings (SSSR count). The monoisotopic (exact) mass is 281 g/mol. The number of fused-ring (bicyclic) bond motifs is 1. The first-order chi connectivity index (χ1) is 9.25. The van der Waals surface area contributed by atoms with Crippen LogP contribution in [0.2, 0.25) is 0 Å². The van der Waals surface area contributed by atoms with Gasteiger partial charge in [-0.15, -0.1) is 0 Å². The molecule has 1 unspecified atom stereocenters. The first kappa shape index (κ1) is 13.3. The van der Waals surface area contributed by atoms with E-state index in [2.05, 4.69) is 0 Å². The fourth-order valence-corrected chi connectivity index (χ4v) is 2.06. The normalized spacial score (nSPS) is 16.0. The Balaban J connectivity index is 2.67. The summed E-state index contributed by atoms with van der Waals surface area (Å²) in [5.41, 5.74) is -1.39. The lowest BCUT2D eigenvalue weighted by Crippen LogP contribution is -2.46. The van der Waals surface area contributed by atoms with Crippen LogP contribution in [0.15, 0.2) is 12.1 Å². The van der Waals surface area contributed by atoms with Crippen molar-refractivity contribution in [2.45, 2.75) is 6.04 Å². The van der Waals surface area contributed by atoms with Gasteiger partial charge in [-0.25, -0.2) is 19.2 Å². The molecule has 0 saturated carbocycles. The Bertz CT molecular complexity index is 608. The van der Waals surface area contributed by atoms with E-state index in [0.717, 1.165) is 12.1 Å². The summed E-state index contributed by atoms with van der Waals surface area (Å²) in [4.78, 5) is 44.3. The Hall–Kier alpha value is -3.10. The predicted molar refractivity (Wildman–Crippen MR) is 61.2 cm³/mol. The quantitative estimate of drug-likeness (QED) is 0.631. The van der Waals surface area contributed by atoms with Crippen LogP contribution in [0.5, 0.6) is 0 Å². The maximum atomic E-state index is 11.0. The zero-order valence-electron chi connectivity index (χ0n) is 9.60. The van der Waals surface area contributed by atoms with Gasteiger partial charge < -0.3 is 20.4 Å². The van der Waals surface area contributed by atoms with Gasteiger partial charge in [0, 0.05) is 5.56 Å². The molecule has 20 heavy (non-hydrogen) atoms. The van der Waals surface area contributed by atoms with Gasteiger partial charge in [-0.2, -0.15) is 0 Å². The highest BCUT2D eigenvalue weighted by Crippen LogP contribution is 2.44. The molecule has 1 aliphatic rings. The van der Waals surface area contributed by atoms with Crippen LogP contribution in [-0.2, 0) is 4.79 Å². The van der Waals surface area contributed by atoms with Crippen LogP contribution in [0.4, 0.5) is 10.5 Å². The number of hydrogen-bond acceptors (Lipinski definition) is 4. The minimum Gasteiger partial charge on any atom is -0.479 e. The number of amides is 1. The molecule has 1 atom stereocenters. The van der Waals surface area contributed by atoms with Crippen molar-refractivity contribution in [2.75, 3.05) is 4.90 Å². The third-order valence-corrected chi connectivity index (χ3v) is 2.88. The SMILES string of the molecule is O=C(O)c1cc2c(cc1C(=O)O)N(C(=O)O)C2C(=O)O. The summed E-state index contributed by atoms with van der Waals surface area (Å²) >= 11 is 0. The summed E-state index contributed by atoms with van der Waals surface area (Å²) < 4.78 is 0. The molecule has 104 valence electrons. The van der Waals surface area contributed by atoms with E-state index >= 15 is 0 Å². The molecule has 9 heteroatoms. The summed E-state index contributed by atoms with van der Waals surface area (Å²) in [5, 5.41) is 35.7. The number of aromatic carboxylic acids is 2. The Morgan fingerprint density at radius 3 is 1.80 bits per heavy atom. The standard InChI is InChI=1S/C11H7NO8/c13-8(14)3-1-5-6(2-4(3)9(15)16)12(11(19)20)7(5)10(17)18/h1-2,7H,(H,13,14)(H,15,16)(H,17,18)(H,19,20). The van der Waals surface area contributed by atoms with Gasteiger partial charge in [0.05, 0.1) is 16.8 Å². The van der Waals surface area contributed by atoms with Gasteiger partial charge >= 0.3 is 24.0 Å². The maximum Gasteiger partial charge on any atom is 0.412 e. The second-order valence-corrected chi connectivity index (χ2v) is 3.96. The van der Waals surface area contributed by atoms with Crippen LogP contribution in [0, 0.1) is 0 Å². The minimum atomic E-state index is -1.57. The van der Waals surface area contributed by atoms with Crippen molar-refractivity contribution in [3.63, 3.8) is 0 Å². The summed E-state index contributed by atoms with van der Waals surface area (Å²) in [6.45, 7) is 0. The van der Waals surface area contributed by atoms with Gasteiger partial charge in [-0.3, -0.25) is 4.90 Å². The zero-order chi connectivity index (χ0) is 15.2. The smallest absolute Gasteiger partial charge is 0.412 e. The van der Waals surface area contributed by atoms with E-state index in [1.807, 2.05) is 0 Å². The Morgan fingerprint density at radius 1 is 0.900 bits per heavy atom. The van der Waals surface area contributed by atoms with Crippen molar-refractivity contribution in [1.29, 1.82) is 0 Å². The molecule has 0 spiro atoms. The van der Waals surface area contributed by atoms with Crippen LogP contribution < -0.4 is 4.90 Å². The van der Waals surface area contributed by atoms with Crippen molar-refractivity contribution < 1.29 is 39.6 Å². The number of benzene rings is 1. The van der Waals surface area contributed by atoms with Gasteiger partial charge in [0.2, 0.25) is 0 Å². The molecule has 0 aromatic heterocycles. The predicted octanol–water partition coefficient (Wildman–Crippen LogP) is 0.707. The van der Waals surface area contributed by atoms with Crippen LogP contribution in [0.1, 0.15) is 32.3 Å². The zero-order valence-corrected chi connectivity index (χ0v) is 9.60. The molecule has 4 N–H and O–H groups in total. The van der Waals surface area contributed by atoms with Gasteiger partial charge in [0.25, 0.3) is 0 Å².